The zero-order valence-corrected chi connectivity index (χ0v) is 18.4. The number of ketones is 2. The minimum Gasteiger partial charge on any atom is -0.550 e. The number of carboxylic acid groups (broad SMARTS) is 2. The van der Waals surface area contributed by atoms with Crippen molar-refractivity contribution in [2.24, 2.45) is 0 Å². The molecule has 0 fully saturated rings. The van der Waals surface area contributed by atoms with Gasteiger partial charge in [0.1, 0.15) is 11.6 Å². The smallest absolute Gasteiger partial charge is 0.550 e. The normalized spacial score (nSPS) is 9.10. The molecule has 0 atom stereocenters. The van der Waals surface area contributed by atoms with Crippen LogP contribution in [0.5, 0.6) is 0 Å². The summed E-state index contributed by atoms with van der Waals surface area (Å²) in [6, 6.07) is 0. The molecular formula is C20H26CuO10. The van der Waals surface area contributed by atoms with Gasteiger partial charge in [0, 0.05) is 48.8 Å². The van der Waals surface area contributed by atoms with Crippen LogP contribution in [0.1, 0.15) is 52.4 Å². The van der Waals surface area contributed by atoms with Crippen molar-refractivity contribution in [3.63, 3.8) is 0 Å². The Labute approximate surface area is 191 Å². The van der Waals surface area contributed by atoms with Gasteiger partial charge in [0.2, 0.25) is 0 Å². The molecule has 0 spiro atoms. The number of ether oxygens (including phenoxy) is 2. The predicted octanol–water partition coefficient (Wildman–Crippen LogP) is -0.812. The van der Waals surface area contributed by atoms with Gasteiger partial charge in [0.15, 0.2) is 0 Å². The molecule has 0 N–H and O–H groups in total. The molecule has 0 aliphatic rings. The predicted molar refractivity (Wildman–Crippen MR) is 99.3 cm³/mol. The van der Waals surface area contributed by atoms with Crippen LogP contribution in [0.4, 0.5) is 0 Å². The third-order valence-electron chi connectivity index (χ3n) is 3.05. The van der Waals surface area contributed by atoms with E-state index >= 15 is 0 Å². The summed E-state index contributed by atoms with van der Waals surface area (Å²) in [6.07, 6.45) is -0.423. The van der Waals surface area contributed by atoms with Crippen LogP contribution in [0.25, 0.3) is 0 Å². The van der Waals surface area contributed by atoms with Gasteiger partial charge in [-0.15, -0.1) is 0 Å². The Balaban J connectivity index is -0.000000490. The van der Waals surface area contributed by atoms with Crippen LogP contribution in [-0.4, -0.2) is 48.7 Å². The number of hydrogen-bond acceptors (Lipinski definition) is 10. The molecule has 10 nitrogen and oxygen atoms in total. The van der Waals surface area contributed by atoms with Crippen LogP contribution < -0.4 is 10.2 Å². The minimum absolute atomic E-state index is 0. The van der Waals surface area contributed by atoms with E-state index in [1.54, 1.807) is 0 Å². The van der Waals surface area contributed by atoms with Crippen LogP contribution in [0.2, 0.25) is 0 Å². The molecule has 0 unspecified atom stereocenters. The van der Waals surface area contributed by atoms with Gasteiger partial charge in [-0.1, -0.05) is 13.2 Å². The standard InChI is InChI=1S/2C10H14O5.Cu/c2*1-7(2)10(14)15-5-3-4-8(11)6-9(12)13;/h2*1,3-6H2,2H3,(H,12,13);/q;;+2/p-2. The molecule has 0 aromatic rings. The summed E-state index contributed by atoms with van der Waals surface area (Å²) in [7, 11) is 0. The molecular weight excluding hydrogens is 464 g/mol. The summed E-state index contributed by atoms with van der Waals surface area (Å²) in [5.74, 6) is -4.66. The van der Waals surface area contributed by atoms with Crippen LogP contribution in [0.3, 0.4) is 0 Å². The van der Waals surface area contributed by atoms with Crippen molar-refractivity contribution < 1.29 is 65.5 Å². The Bertz CT molecular complexity index is 623. The number of aliphatic carboxylic acids is 2. The molecule has 0 heterocycles. The van der Waals surface area contributed by atoms with Crippen molar-refractivity contribution in [2.45, 2.75) is 52.4 Å². The fraction of sp³-hybridized carbons (Fsp3) is 0.500. The van der Waals surface area contributed by atoms with Crippen molar-refractivity contribution in [1.82, 2.24) is 0 Å². The summed E-state index contributed by atoms with van der Waals surface area (Å²) in [6.45, 7) is 9.97. The third-order valence-corrected chi connectivity index (χ3v) is 3.05. The van der Waals surface area contributed by atoms with E-state index in [-0.39, 0.29) is 54.3 Å². The monoisotopic (exact) mass is 489 g/mol. The van der Waals surface area contributed by atoms with E-state index in [1.165, 1.54) is 13.8 Å². The van der Waals surface area contributed by atoms with Crippen molar-refractivity contribution in [1.29, 1.82) is 0 Å². The summed E-state index contributed by atoms with van der Waals surface area (Å²) in [5.41, 5.74) is 0.576. The fourth-order valence-electron chi connectivity index (χ4n) is 1.61. The van der Waals surface area contributed by atoms with Gasteiger partial charge < -0.3 is 29.3 Å². The molecule has 1 radical (unpaired) electrons. The average Bonchev–Trinajstić information content (AvgIpc) is 2.61. The molecule has 0 aliphatic carbocycles. The number of carboxylic acids is 2. The van der Waals surface area contributed by atoms with Gasteiger partial charge in [0.05, 0.1) is 13.2 Å². The van der Waals surface area contributed by atoms with E-state index < -0.39 is 48.3 Å². The van der Waals surface area contributed by atoms with E-state index in [2.05, 4.69) is 13.2 Å². The molecule has 0 aromatic carbocycles. The first-order valence-corrected chi connectivity index (χ1v) is 8.95. The zero-order valence-electron chi connectivity index (χ0n) is 17.5. The maximum Gasteiger partial charge on any atom is 2.00 e. The molecule has 0 aromatic heterocycles. The Morgan fingerprint density at radius 3 is 1.19 bits per heavy atom. The van der Waals surface area contributed by atoms with Crippen LogP contribution in [-0.2, 0) is 55.3 Å². The first-order valence-electron chi connectivity index (χ1n) is 8.95. The van der Waals surface area contributed by atoms with Crippen molar-refractivity contribution >= 4 is 35.4 Å². The second-order valence-corrected chi connectivity index (χ2v) is 6.21. The Morgan fingerprint density at radius 2 is 0.968 bits per heavy atom. The van der Waals surface area contributed by atoms with Crippen LogP contribution >= 0.6 is 0 Å². The second kappa shape index (κ2) is 19.2. The molecule has 0 aliphatic heterocycles. The van der Waals surface area contributed by atoms with E-state index in [0.29, 0.717) is 12.8 Å². The summed E-state index contributed by atoms with van der Waals surface area (Å²) in [5, 5.41) is 20.0. The van der Waals surface area contributed by atoms with Crippen molar-refractivity contribution in [3.8, 4) is 0 Å². The van der Waals surface area contributed by atoms with E-state index in [4.69, 9.17) is 9.47 Å². The average molecular weight is 490 g/mol. The van der Waals surface area contributed by atoms with Crippen LogP contribution in [0.15, 0.2) is 24.3 Å². The Morgan fingerprint density at radius 1 is 0.677 bits per heavy atom. The van der Waals surface area contributed by atoms with Crippen molar-refractivity contribution in [3.05, 3.63) is 24.3 Å². The molecule has 0 amide bonds. The minimum atomic E-state index is -1.39. The summed E-state index contributed by atoms with van der Waals surface area (Å²) >= 11 is 0. The first-order chi connectivity index (χ1) is 13.9. The Hall–Kier alpha value is -2.78. The number of Topliss-reactive ketones (excluding diaryl/α,β-unsaturated/α-hetero) is 2. The second-order valence-electron chi connectivity index (χ2n) is 6.21. The molecule has 0 saturated carbocycles. The number of rotatable bonds is 14. The van der Waals surface area contributed by atoms with E-state index in [1.807, 2.05) is 0 Å². The molecule has 0 bridgehead atoms. The van der Waals surface area contributed by atoms with E-state index in [9.17, 15) is 39.0 Å². The first kappa shape index (κ1) is 32.9. The number of esters is 2. The van der Waals surface area contributed by atoms with Gasteiger partial charge in [-0.3, -0.25) is 9.59 Å². The molecule has 0 rings (SSSR count). The Kier molecular flexibility index (Phi) is 20.4. The maximum absolute atomic E-state index is 10.9. The molecule has 177 valence electrons. The third kappa shape index (κ3) is 23.4. The fourth-order valence-corrected chi connectivity index (χ4v) is 1.61. The van der Waals surface area contributed by atoms with Gasteiger partial charge in [-0.25, -0.2) is 9.59 Å². The maximum atomic E-state index is 10.9. The van der Waals surface area contributed by atoms with Crippen LogP contribution in [0, 0.1) is 0 Å². The molecule has 11 heteroatoms. The van der Waals surface area contributed by atoms with Gasteiger partial charge >= 0.3 is 29.0 Å². The summed E-state index contributed by atoms with van der Waals surface area (Å²) in [4.78, 5) is 63.4. The number of carbonyl (C=O) groups is 6. The zero-order chi connectivity index (χ0) is 23.7. The summed E-state index contributed by atoms with van der Waals surface area (Å²) < 4.78 is 9.41. The molecule has 0 saturated heterocycles. The van der Waals surface area contributed by atoms with Gasteiger partial charge in [-0.2, -0.15) is 0 Å². The van der Waals surface area contributed by atoms with E-state index in [0.717, 1.165) is 0 Å². The quantitative estimate of drug-likeness (QED) is 0.0988. The van der Waals surface area contributed by atoms with Crippen molar-refractivity contribution in [2.75, 3.05) is 13.2 Å². The number of carbonyl (C=O) groups excluding carboxylic acids is 6. The van der Waals surface area contributed by atoms with Gasteiger partial charge in [0.25, 0.3) is 0 Å². The number of hydrogen-bond donors (Lipinski definition) is 0. The topological polar surface area (TPSA) is 167 Å². The van der Waals surface area contributed by atoms with Gasteiger partial charge in [-0.05, 0) is 26.7 Å². The largest absolute Gasteiger partial charge is 2.00 e. The molecule has 31 heavy (non-hydrogen) atoms. The SMILES string of the molecule is C=C(C)C(=O)OCCCC(=O)CC(=O)[O-].C=C(C)C(=O)OCCCC(=O)CC(=O)[O-].[Cu+2].